The minimum Gasteiger partial charge on any atom is -0.352 e. The van der Waals surface area contributed by atoms with E-state index in [1.54, 1.807) is 43.3 Å². The average molecular weight is 686 g/mol. The van der Waals surface area contributed by atoms with Gasteiger partial charge in [-0.3, -0.25) is 13.9 Å². The summed E-state index contributed by atoms with van der Waals surface area (Å²) in [7, 11) is -4.30. The van der Waals surface area contributed by atoms with Gasteiger partial charge < -0.3 is 10.2 Å². The van der Waals surface area contributed by atoms with Crippen LogP contribution in [-0.4, -0.2) is 43.8 Å². The third-order valence-corrected chi connectivity index (χ3v) is 10.7. The van der Waals surface area contributed by atoms with Gasteiger partial charge in [-0.05, 0) is 68.1 Å². The molecule has 0 spiro atoms. The Labute approximate surface area is 273 Å². The maximum atomic E-state index is 14.3. The van der Waals surface area contributed by atoms with Crippen LogP contribution in [0.15, 0.2) is 65.6 Å². The van der Waals surface area contributed by atoms with Crippen LogP contribution < -0.4 is 9.62 Å². The summed E-state index contributed by atoms with van der Waals surface area (Å²) in [6.07, 6.45) is 4.08. The maximum absolute atomic E-state index is 14.3. The van der Waals surface area contributed by atoms with Crippen LogP contribution >= 0.6 is 46.4 Å². The van der Waals surface area contributed by atoms with Gasteiger partial charge in [0.05, 0.1) is 20.6 Å². The van der Waals surface area contributed by atoms with Crippen molar-refractivity contribution < 1.29 is 18.0 Å². The molecule has 1 aliphatic rings. The molecule has 0 radical (unpaired) electrons. The molecule has 0 heterocycles. The number of sulfonamides is 1. The summed E-state index contributed by atoms with van der Waals surface area (Å²) >= 11 is 25.4. The molecule has 1 fully saturated rings. The first kappa shape index (κ1) is 33.4. The average Bonchev–Trinajstić information content (AvgIpc) is 3.47. The van der Waals surface area contributed by atoms with E-state index < -0.39 is 28.5 Å². The van der Waals surface area contributed by atoms with Crippen LogP contribution in [0.4, 0.5) is 5.69 Å². The van der Waals surface area contributed by atoms with Crippen LogP contribution in [0.25, 0.3) is 0 Å². The van der Waals surface area contributed by atoms with Crippen molar-refractivity contribution in [2.45, 2.75) is 69.5 Å². The number of hydrogen-bond acceptors (Lipinski definition) is 4. The second-order valence-corrected chi connectivity index (χ2v) is 14.1. The highest BCUT2D eigenvalue weighted by Crippen LogP contribution is 2.36. The Hall–Kier alpha value is -2.49. The van der Waals surface area contributed by atoms with E-state index in [1.807, 2.05) is 6.92 Å². The first-order chi connectivity index (χ1) is 20.4. The van der Waals surface area contributed by atoms with Crippen LogP contribution in [0.1, 0.15) is 50.2 Å². The number of aryl methyl sites for hydroxylation is 1. The summed E-state index contributed by atoms with van der Waals surface area (Å²) in [5.41, 5.74) is 1.46. The van der Waals surface area contributed by atoms with Crippen molar-refractivity contribution in [1.82, 2.24) is 10.2 Å². The maximum Gasteiger partial charge on any atom is 0.264 e. The van der Waals surface area contributed by atoms with E-state index in [1.165, 1.54) is 29.2 Å². The van der Waals surface area contributed by atoms with Crippen molar-refractivity contribution in [3.63, 3.8) is 0 Å². The Morgan fingerprint density at radius 3 is 2.26 bits per heavy atom. The van der Waals surface area contributed by atoms with Gasteiger partial charge in [-0.25, -0.2) is 8.42 Å². The minimum absolute atomic E-state index is 0.0223. The Balaban J connectivity index is 1.76. The van der Waals surface area contributed by atoms with Gasteiger partial charge in [0.15, 0.2) is 0 Å². The van der Waals surface area contributed by atoms with Crippen molar-refractivity contribution in [3.8, 4) is 0 Å². The summed E-state index contributed by atoms with van der Waals surface area (Å²) < 4.78 is 29.1. The second-order valence-electron chi connectivity index (χ2n) is 10.6. The molecule has 43 heavy (non-hydrogen) atoms. The van der Waals surface area contributed by atoms with E-state index >= 15 is 0 Å². The van der Waals surface area contributed by atoms with Crippen molar-refractivity contribution in [2.75, 3.05) is 10.8 Å². The van der Waals surface area contributed by atoms with Gasteiger partial charge >= 0.3 is 0 Å². The van der Waals surface area contributed by atoms with E-state index in [4.69, 9.17) is 46.4 Å². The molecule has 0 aliphatic heterocycles. The molecule has 1 N–H and O–H groups in total. The number of amides is 2. The molecule has 0 saturated heterocycles. The lowest BCUT2D eigenvalue weighted by molar-refractivity contribution is -0.140. The lowest BCUT2D eigenvalue weighted by Gasteiger charge is -2.34. The molecule has 1 aliphatic carbocycles. The summed E-state index contributed by atoms with van der Waals surface area (Å²) in [6, 6.07) is 14.9. The van der Waals surface area contributed by atoms with Crippen LogP contribution in [0.3, 0.4) is 0 Å². The van der Waals surface area contributed by atoms with E-state index in [0.717, 1.165) is 35.6 Å². The van der Waals surface area contributed by atoms with Gasteiger partial charge in [0, 0.05) is 22.6 Å². The monoisotopic (exact) mass is 683 g/mol. The topological polar surface area (TPSA) is 86.8 Å². The number of rotatable bonds is 11. The second kappa shape index (κ2) is 14.5. The van der Waals surface area contributed by atoms with Gasteiger partial charge in [-0.1, -0.05) is 96.0 Å². The fraction of sp³-hybridized carbons (Fsp3) is 0.355. The molecule has 4 rings (SSSR count). The van der Waals surface area contributed by atoms with E-state index in [2.05, 4.69) is 5.32 Å². The Morgan fingerprint density at radius 2 is 1.63 bits per heavy atom. The zero-order chi connectivity index (χ0) is 31.3. The van der Waals surface area contributed by atoms with Crippen LogP contribution in [-0.2, 0) is 26.2 Å². The van der Waals surface area contributed by atoms with Gasteiger partial charge in [0.25, 0.3) is 10.0 Å². The number of nitrogens with zero attached hydrogens (tertiary/aromatic N) is 2. The first-order valence-corrected chi connectivity index (χ1v) is 16.9. The van der Waals surface area contributed by atoms with Gasteiger partial charge in [0.2, 0.25) is 11.8 Å². The van der Waals surface area contributed by atoms with Crippen molar-refractivity contribution in [3.05, 3.63) is 91.9 Å². The predicted molar refractivity (Wildman–Crippen MR) is 174 cm³/mol. The molecule has 12 heteroatoms. The molecule has 1 saturated carbocycles. The SMILES string of the molecule is CC[C@H](C(=O)NC1CCCC1)N(Cc1ccc(Cl)cc1Cl)C(=O)CN(c1cccc(Cl)c1Cl)S(=O)(=O)c1ccc(C)cc1. The summed E-state index contributed by atoms with van der Waals surface area (Å²) in [5, 5.41) is 3.92. The lowest BCUT2D eigenvalue weighted by atomic mass is 10.1. The van der Waals surface area contributed by atoms with E-state index in [9.17, 15) is 18.0 Å². The summed E-state index contributed by atoms with van der Waals surface area (Å²) in [6.45, 7) is 2.95. The molecule has 230 valence electrons. The number of hydrogen-bond donors (Lipinski definition) is 1. The van der Waals surface area contributed by atoms with E-state index in [0.29, 0.717) is 15.6 Å². The first-order valence-electron chi connectivity index (χ1n) is 14.0. The number of nitrogens with one attached hydrogen (secondary N) is 1. The fourth-order valence-corrected chi connectivity index (χ4v) is 7.50. The summed E-state index contributed by atoms with van der Waals surface area (Å²) in [4.78, 5) is 29.2. The number of carbonyl (C=O) groups is 2. The number of carbonyl (C=O) groups excluding carboxylic acids is 2. The number of halogens is 4. The standard InChI is InChI=1S/C31H33Cl4N3O4S/c1-3-27(31(40)36-23-7-4-5-8-23)37(18-21-13-14-22(32)17-26(21)34)29(39)19-38(28-10-6-9-25(33)30(28)35)43(41,42)24-15-11-20(2)12-16-24/h6,9-17,23,27H,3-5,7-8,18-19H2,1-2H3,(H,36,40)/t27-/m1/s1. The highest BCUT2D eigenvalue weighted by Gasteiger charge is 2.35. The quantitative estimate of drug-likeness (QED) is 0.225. The predicted octanol–water partition coefficient (Wildman–Crippen LogP) is 7.67. The molecule has 3 aromatic rings. The lowest BCUT2D eigenvalue weighted by Crippen LogP contribution is -2.53. The smallest absolute Gasteiger partial charge is 0.264 e. The molecular formula is C31H33Cl4N3O4S. The van der Waals surface area contributed by atoms with Crippen molar-refractivity contribution in [2.24, 2.45) is 0 Å². The highest BCUT2D eigenvalue weighted by atomic mass is 35.5. The molecule has 0 bridgehead atoms. The minimum atomic E-state index is -4.30. The van der Waals surface area contributed by atoms with Crippen molar-refractivity contribution >= 4 is 73.9 Å². The molecule has 2 amide bonds. The van der Waals surface area contributed by atoms with Crippen LogP contribution in [0.2, 0.25) is 20.1 Å². The number of benzene rings is 3. The molecular weight excluding hydrogens is 652 g/mol. The summed E-state index contributed by atoms with van der Waals surface area (Å²) in [5.74, 6) is -0.923. The third-order valence-electron chi connectivity index (χ3n) is 7.53. The number of anilines is 1. The normalized spacial score (nSPS) is 14.4. The Bertz CT molecular complexity index is 1580. The van der Waals surface area contributed by atoms with Crippen LogP contribution in [0.5, 0.6) is 0 Å². The van der Waals surface area contributed by atoms with E-state index in [-0.39, 0.29) is 45.5 Å². The third kappa shape index (κ3) is 7.97. The Morgan fingerprint density at radius 1 is 0.953 bits per heavy atom. The highest BCUT2D eigenvalue weighted by molar-refractivity contribution is 7.92. The molecule has 7 nitrogen and oxygen atoms in total. The molecule has 0 aromatic heterocycles. The van der Waals surface area contributed by atoms with Gasteiger partial charge in [-0.2, -0.15) is 0 Å². The van der Waals surface area contributed by atoms with Crippen molar-refractivity contribution in [1.29, 1.82) is 0 Å². The Kier molecular flexibility index (Phi) is 11.3. The largest absolute Gasteiger partial charge is 0.352 e. The molecule has 3 aromatic carbocycles. The van der Waals surface area contributed by atoms with Crippen LogP contribution in [0, 0.1) is 6.92 Å². The zero-order valence-electron chi connectivity index (χ0n) is 23.8. The zero-order valence-corrected chi connectivity index (χ0v) is 27.7. The fourth-order valence-electron chi connectivity index (χ4n) is 5.16. The van der Waals surface area contributed by atoms with Gasteiger partial charge in [0.1, 0.15) is 12.6 Å². The molecule has 1 atom stereocenters. The van der Waals surface area contributed by atoms with Gasteiger partial charge in [-0.15, -0.1) is 0 Å². The molecule has 0 unspecified atom stereocenters.